The van der Waals surface area contributed by atoms with Crippen molar-refractivity contribution in [3.8, 4) is 0 Å². The Labute approximate surface area is 116 Å². The molecular formula is C16H25NO2. The van der Waals surface area contributed by atoms with Crippen molar-refractivity contribution in [2.24, 2.45) is 0 Å². The van der Waals surface area contributed by atoms with Crippen molar-refractivity contribution in [2.75, 3.05) is 13.6 Å². The van der Waals surface area contributed by atoms with Gasteiger partial charge in [-0.15, -0.1) is 0 Å². The minimum atomic E-state index is -0.767. The predicted molar refractivity (Wildman–Crippen MR) is 78.8 cm³/mol. The van der Waals surface area contributed by atoms with Gasteiger partial charge in [0.15, 0.2) is 0 Å². The van der Waals surface area contributed by atoms with Crippen molar-refractivity contribution in [2.45, 2.75) is 47.1 Å². The molecule has 0 amide bonds. The third-order valence-corrected chi connectivity index (χ3v) is 4.25. The number of likely N-dealkylation sites (N-methyl/N-ethyl adjacent to an activating group) is 1. The third-order valence-electron chi connectivity index (χ3n) is 4.25. The summed E-state index contributed by atoms with van der Waals surface area (Å²) in [5.74, 6) is -0.767. The zero-order chi connectivity index (χ0) is 14.7. The van der Waals surface area contributed by atoms with Crippen LogP contribution in [0.15, 0.2) is 6.07 Å². The molecule has 1 N–H and O–H groups in total. The first kappa shape index (κ1) is 15.7. The van der Waals surface area contributed by atoms with Gasteiger partial charge in [0, 0.05) is 6.54 Å². The van der Waals surface area contributed by atoms with Gasteiger partial charge in [0.05, 0.1) is 0 Å². The van der Waals surface area contributed by atoms with Gasteiger partial charge in [-0.2, -0.15) is 0 Å². The van der Waals surface area contributed by atoms with E-state index in [9.17, 15) is 4.79 Å². The molecule has 3 heteroatoms. The smallest absolute Gasteiger partial charge is 0.320 e. The van der Waals surface area contributed by atoms with Crippen LogP contribution in [0, 0.1) is 27.7 Å². The van der Waals surface area contributed by atoms with Gasteiger partial charge in [0.25, 0.3) is 0 Å². The molecule has 19 heavy (non-hydrogen) atoms. The molecule has 1 unspecified atom stereocenters. The molecule has 0 bridgehead atoms. The van der Waals surface area contributed by atoms with Crippen molar-refractivity contribution in [1.82, 2.24) is 4.90 Å². The van der Waals surface area contributed by atoms with Crippen LogP contribution < -0.4 is 0 Å². The first-order valence-corrected chi connectivity index (χ1v) is 6.75. The Bertz CT molecular complexity index is 454. The van der Waals surface area contributed by atoms with E-state index in [2.05, 4.69) is 33.8 Å². The molecule has 3 nitrogen and oxygen atoms in total. The Hall–Kier alpha value is -1.35. The van der Waals surface area contributed by atoms with Crippen LogP contribution in [0.25, 0.3) is 0 Å². The lowest BCUT2D eigenvalue weighted by Gasteiger charge is -2.23. The standard InChI is InChI=1S/C16H25NO2/c1-10-9-11(2)13(4)15(12(10)3)7-8-17(6)14(5)16(18)19/h9,14H,7-8H2,1-6H3,(H,18,19). The van der Waals surface area contributed by atoms with Gasteiger partial charge in [-0.05, 0) is 75.9 Å². The zero-order valence-electron chi connectivity index (χ0n) is 12.9. The molecule has 106 valence electrons. The number of aliphatic carboxylic acids is 1. The summed E-state index contributed by atoms with van der Waals surface area (Å²) in [5, 5.41) is 9.01. The number of aryl methyl sites for hydroxylation is 2. The minimum Gasteiger partial charge on any atom is -0.480 e. The van der Waals surface area contributed by atoms with Crippen molar-refractivity contribution >= 4 is 5.97 Å². The van der Waals surface area contributed by atoms with E-state index < -0.39 is 12.0 Å². The number of hydrogen-bond donors (Lipinski definition) is 1. The summed E-state index contributed by atoms with van der Waals surface area (Å²) >= 11 is 0. The van der Waals surface area contributed by atoms with Gasteiger partial charge in [0.2, 0.25) is 0 Å². The molecular weight excluding hydrogens is 238 g/mol. The lowest BCUT2D eigenvalue weighted by molar-refractivity contribution is -0.142. The Morgan fingerprint density at radius 3 is 2.11 bits per heavy atom. The molecule has 0 aliphatic heterocycles. The van der Waals surface area contributed by atoms with Crippen LogP contribution in [0.3, 0.4) is 0 Å². The van der Waals surface area contributed by atoms with E-state index in [-0.39, 0.29) is 0 Å². The molecule has 1 aromatic rings. The summed E-state index contributed by atoms with van der Waals surface area (Å²) in [6.07, 6.45) is 0.897. The van der Waals surface area contributed by atoms with Crippen LogP contribution in [-0.2, 0) is 11.2 Å². The maximum Gasteiger partial charge on any atom is 0.320 e. The molecule has 0 aliphatic rings. The summed E-state index contributed by atoms with van der Waals surface area (Å²) < 4.78 is 0. The fourth-order valence-corrected chi connectivity index (χ4v) is 2.34. The second-order valence-corrected chi connectivity index (χ2v) is 5.48. The van der Waals surface area contributed by atoms with E-state index in [1.165, 1.54) is 27.8 Å². The Morgan fingerprint density at radius 1 is 1.21 bits per heavy atom. The highest BCUT2D eigenvalue weighted by Crippen LogP contribution is 2.22. The van der Waals surface area contributed by atoms with Crippen LogP contribution in [0.1, 0.15) is 34.7 Å². The Balaban J connectivity index is 2.87. The molecule has 0 aromatic heterocycles. The monoisotopic (exact) mass is 263 g/mol. The SMILES string of the molecule is Cc1cc(C)c(C)c(CCN(C)C(C)C(=O)O)c1C. The second kappa shape index (κ2) is 6.20. The van der Waals surface area contributed by atoms with Gasteiger partial charge >= 0.3 is 5.97 Å². The first-order valence-electron chi connectivity index (χ1n) is 6.75. The van der Waals surface area contributed by atoms with E-state index in [0.717, 1.165) is 13.0 Å². The van der Waals surface area contributed by atoms with E-state index in [0.29, 0.717) is 0 Å². The maximum atomic E-state index is 11.0. The van der Waals surface area contributed by atoms with Crippen molar-refractivity contribution < 1.29 is 9.90 Å². The summed E-state index contributed by atoms with van der Waals surface area (Å²) in [6.45, 7) is 11.1. The first-order chi connectivity index (χ1) is 8.75. The number of carboxylic acid groups (broad SMARTS) is 1. The molecule has 0 radical (unpaired) electrons. The lowest BCUT2D eigenvalue weighted by atomic mass is 9.92. The number of hydrogen-bond acceptors (Lipinski definition) is 2. The van der Waals surface area contributed by atoms with E-state index in [1.807, 2.05) is 11.9 Å². The summed E-state index contributed by atoms with van der Waals surface area (Å²) in [5.41, 5.74) is 6.65. The Morgan fingerprint density at radius 2 is 1.68 bits per heavy atom. The van der Waals surface area contributed by atoms with Gasteiger partial charge in [-0.1, -0.05) is 6.07 Å². The van der Waals surface area contributed by atoms with E-state index >= 15 is 0 Å². The zero-order valence-corrected chi connectivity index (χ0v) is 12.9. The molecule has 1 aromatic carbocycles. The molecule has 0 spiro atoms. The van der Waals surface area contributed by atoms with Crippen LogP contribution in [0.5, 0.6) is 0 Å². The normalized spacial score (nSPS) is 12.8. The number of nitrogens with zero attached hydrogens (tertiary/aromatic N) is 1. The maximum absolute atomic E-state index is 11.0. The number of carbonyl (C=O) groups is 1. The van der Waals surface area contributed by atoms with Gasteiger partial charge in [-0.3, -0.25) is 9.69 Å². The highest BCUT2D eigenvalue weighted by molar-refractivity contribution is 5.72. The van der Waals surface area contributed by atoms with Gasteiger partial charge < -0.3 is 5.11 Å². The molecule has 0 fully saturated rings. The van der Waals surface area contributed by atoms with Crippen LogP contribution in [0.2, 0.25) is 0 Å². The minimum absolute atomic E-state index is 0.438. The quantitative estimate of drug-likeness (QED) is 0.888. The predicted octanol–water partition coefficient (Wildman–Crippen LogP) is 2.87. The van der Waals surface area contributed by atoms with Crippen molar-refractivity contribution in [3.63, 3.8) is 0 Å². The van der Waals surface area contributed by atoms with Gasteiger partial charge in [0.1, 0.15) is 6.04 Å². The fourth-order valence-electron chi connectivity index (χ4n) is 2.34. The topological polar surface area (TPSA) is 40.5 Å². The number of carboxylic acids is 1. The molecule has 0 saturated carbocycles. The average molecular weight is 263 g/mol. The van der Waals surface area contributed by atoms with E-state index in [1.54, 1.807) is 6.92 Å². The molecule has 1 atom stereocenters. The van der Waals surface area contributed by atoms with Crippen LogP contribution in [-0.4, -0.2) is 35.6 Å². The fraction of sp³-hybridized carbons (Fsp3) is 0.562. The summed E-state index contributed by atoms with van der Waals surface area (Å²) in [7, 11) is 1.87. The van der Waals surface area contributed by atoms with Crippen LogP contribution in [0.4, 0.5) is 0 Å². The molecule has 1 rings (SSSR count). The largest absolute Gasteiger partial charge is 0.480 e. The third kappa shape index (κ3) is 3.57. The molecule has 0 heterocycles. The Kier molecular flexibility index (Phi) is 5.12. The second-order valence-electron chi connectivity index (χ2n) is 5.48. The lowest BCUT2D eigenvalue weighted by Crippen LogP contribution is -2.37. The van der Waals surface area contributed by atoms with Crippen molar-refractivity contribution in [3.05, 3.63) is 33.9 Å². The number of rotatable bonds is 5. The molecule has 0 saturated heterocycles. The van der Waals surface area contributed by atoms with E-state index in [4.69, 9.17) is 5.11 Å². The van der Waals surface area contributed by atoms with Gasteiger partial charge in [-0.25, -0.2) is 0 Å². The van der Waals surface area contributed by atoms with Crippen LogP contribution >= 0.6 is 0 Å². The number of benzene rings is 1. The summed E-state index contributed by atoms with van der Waals surface area (Å²) in [6, 6.07) is 1.78. The highest BCUT2D eigenvalue weighted by atomic mass is 16.4. The summed E-state index contributed by atoms with van der Waals surface area (Å²) in [4.78, 5) is 12.8. The average Bonchev–Trinajstić information content (AvgIpc) is 2.35. The van der Waals surface area contributed by atoms with Crippen molar-refractivity contribution in [1.29, 1.82) is 0 Å². The highest BCUT2D eigenvalue weighted by Gasteiger charge is 2.17. The molecule has 0 aliphatic carbocycles.